The quantitative estimate of drug-likeness (QED) is 0.843. The van der Waals surface area contributed by atoms with Gasteiger partial charge in [-0.1, -0.05) is 6.07 Å². The van der Waals surface area contributed by atoms with Crippen molar-refractivity contribution in [2.45, 2.75) is 64.6 Å². The molecular formula is C18H27N3O. The highest BCUT2D eigenvalue weighted by Crippen LogP contribution is 2.30. The smallest absolute Gasteiger partial charge is 0.272 e. The molecule has 1 amide bonds. The maximum atomic E-state index is 12.7. The fourth-order valence-electron chi connectivity index (χ4n) is 4.14. The first-order chi connectivity index (χ1) is 10.6. The third-order valence-corrected chi connectivity index (χ3v) is 5.23. The fraction of sp³-hybridized carbons (Fsp3) is 0.667. The van der Waals surface area contributed by atoms with Crippen LogP contribution in [-0.2, 0) is 0 Å². The monoisotopic (exact) mass is 301 g/mol. The lowest BCUT2D eigenvalue weighted by Crippen LogP contribution is -2.52. The van der Waals surface area contributed by atoms with Crippen LogP contribution in [0.15, 0.2) is 18.2 Å². The van der Waals surface area contributed by atoms with Gasteiger partial charge in [-0.3, -0.25) is 9.69 Å². The molecule has 2 aliphatic heterocycles. The van der Waals surface area contributed by atoms with Crippen LogP contribution in [0.25, 0.3) is 0 Å². The molecule has 3 heterocycles. The number of aromatic nitrogens is 1. The molecule has 1 aromatic heterocycles. The minimum Gasteiger partial charge on any atom is -0.336 e. The number of carbonyl (C=O) groups excluding carboxylic acids is 1. The van der Waals surface area contributed by atoms with E-state index >= 15 is 0 Å². The highest BCUT2D eigenvalue weighted by Gasteiger charge is 2.36. The SMILES string of the molecule is Cc1cccc(C(=O)N2CCC[C@H](N3[C@H](C)CC[C@@H]3C)C2)n1. The fourth-order valence-corrected chi connectivity index (χ4v) is 4.14. The Morgan fingerprint density at radius 1 is 1.18 bits per heavy atom. The largest absolute Gasteiger partial charge is 0.336 e. The Morgan fingerprint density at radius 3 is 2.59 bits per heavy atom. The summed E-state index contributed by atoms with van der Waals surface area (Å²) in [5, 5.41) is 0. The second-order valence-electron chi connectivity index (χ2n) is 6.93. The van der Waals surface area contributed by atoms with Crippen molar-refractivity contribution in [2.24, 2.45) is 0 Å². The Kier molecular flexibility index (Phi) is 4.48. The number of amides is 1. The molecule has 0 radical (unpaired) electrons. The number of likely N-dealkylation sites (tertiary alicyclic amines) is 2. The van der Waals surface area contributed by atoms with Crippen molar-refractivity contribution in [1.29, 1.82) is 0 Å². The molecule has 0 bridgehead atoms. The molecule has 4 heteroatoms. The summed E-state index contributed by atoms with van der Waals surface area (Å²) < 4.78 is 0. The zero-order chi connectivity index (χ0) is 15.7. The maximum Gasteiger partial charge on any atom is 0.272 e. The van der Waals surface area contributed by atoms with Crippen LogP contribution in [0, 0.1) is 6.92 Å². The molecule has 2 fully saturated rings. The van der Waals surface area contributed by atoms with E-state index in [1.807, 2.05) is 30.0 Å². The number of carbonyl (C=O) groups is 1. The summed E-state index contributed by atoms with van der Waals surface area (Å²) in [6, 6.07) is 7.49. The molecule has 2 saturated heterocycles. The molecule has 0 aliphatic carbocycles. The average molecular weight is 301 g/mol. The number of pyridine rings is 1. The van der Waals surface area contributed by atoms with Gasteiger partial charge in [0.1, 0.15) is 5.69 Å². The third-order valence-electron chi connectivity index (χ3n) is 5.23. The van der Waals surface area contributed by atoms with E-state index < -0.39 is 0 Å². The summed E-state index contributed by atoms with van der Waals surface area (Å²) in [5.74, 6) is 0.0907. The van der Waals surface area contributed by atoms with Crippen LogP contribution in [0.1, 0.15) is 55.7 Å². The zero-order valence-electron chi connectivity index (χ0n) is 14.0. The normalized spacial score (nSPS) is 29.8. The molecule has 0 N–H and O–H groups in total. The van der Waals surface area contributed by atoms with Crippen LogP contribution in [0.3, 0.4) is 0 Å². The van der Waals surface area contributed by atoms with Crippen LogP contribution < -0.4 is 0 Å². The third kappa shape index (κ3) is 3.02. The van der Waals surface area contributed by atoms with E-state index in [4.69, 9.17) is 0 Å². The van der Waals surface area contributed by atoms with Gasteiger partial charge in [-0.25, -0.2) is 4.98 Å². The van der Waals surface area contributed by atoms with Gasteiger partial charge in [0.25, 0.3) is 5.91 Å². The molecule has 0 aromatic carbocycles. The van der Waals surface area contributed by atoms with E-state index in [9.17, 15) is 4.79 Å². The van der Waals surface area contributed by atoms with Gasteiger partial charge in [0.2, 0.25) is 0 Å². The van der Waals surface area contributed by atoms with Crippen LogP contribution in [0.5, 0.6) is 0 Å². The number of piperidine rings is 1. The topological polar surface area (TPSA) is 36.4 Å². The number of hydrogen-bond donors (Lipinski definition) is 0. The molecule has 0 spiro atoms. The highest BCUT2D eigenvalue weighted by molar-refractivity contribution is 5.92. The van der Waals surface area contributed by atoms with Gasteiger partial charge in [-0.05, 0) is 58.6 Å². The Balaban J connectivity index is 1.71. The molecule has 2 aliphatic rings. The van der Waals surface area contributed by atoms with Crippen LogP contribution in [-0.4, -0.2) is 51.9 Å². The van der Waals surface area contributed by atoms with Crippen molar-refractivity contribution >= 4 is 5.91 Å². The number of nitrogens with zero attached hydrogens (tertiary/aromatic N) is 3. The zero-order valence-corrected chi connectivity index (χ0v) is 14.0. The van der Waals surface area contributed by atoms with Crippen molar-refractivity contribution in [3.05, 3.63) is 29.6 Å². The predicted octanol–water partition coefficient (Wildman–Crippen LogP) is 2.87. The van der Waals surface area contributed by atoms with E-state index in [2.05, 4.69) is 23.7 Å². The summed E-state index contributed by atoms with van der Waals surface area (Å²) >= 11 is 0. The maximum absolute atomic E-state index is 12.7. The first-order valence-electron chi connectivity index (χ1n) is 8.56. The van der Waals surface area contributed by atoms with Gasteiger partial charge in [0, 0.05) is 36.9 Å². The van der Waals surface area contributed by atoms with E-state index in [0.717, 1.165) is 25.2 Å². The Bertz CT molecular complexity index is 535. The lowest BCUT2D eigenvalue weighted by atomic mass is 10.0. The summed E-state index contributed by atoms with van der Waals surface area (Å²) in [7, 11) is 0. The average Bonchev–Trinajstić information content (AvgIpc) is 2.85. The van der Waals surface area contributed by atoms with Crippen molar-refractivity contribution in [2.75, 3.05) is 13.1 Å². The first kappa shape index (κ1) is 15.5. The molecule has 0 unspecified atom stereocenters. The molecule has 4 nitrogen and oxygen atoms in total. The lowest BCUT2D eigenvalue weighted by molar-refractivity contribution is 0.0482. The van der Waals surface area contributed by atoms with Gasteiger partial charge < -0.3 is 4.90 Å². The van der Waals surface area contributed by atoms with Crippen molar-refractivity contribution < 1.29 is 4.79 Å². The Morgan fingerprint density at radius 2 is 1.91 bits per heavy atom. The number of hydrogen-bond acceptors (Lipinski definition) is 3. The van der Waals surface area contributed by atoms with Gasteiger partial charge in [-0.15, -0.1) is 0 Å². The Hall–Kier alpha value is -1.42. The summed E-state index contributed by atoms with van der Waals surface area (Å²) in [5.41, 5.74) is 1.49. The highest BCUT2D eigenvalue weighted by atomic mass is 16.2. The van der Waals surface area contributed by atoms with E-state index in [0.29, 0.717) is 23.8 Å². The molecule has 22 heavy (non-hydrogen) atoms. The molecule has 120 valence electrons. The standard InChI is InChI=1S/C18H27N3O/c1-13-6-4-8-17(19-13)18(22)20-11-5-7-16(12-20)21-14(2)9-10-15(21)3/h4,6,8,14-16H,5,7,9-12H2,1-3H3/t14-,15+,16-/m0/s1. The van der Waals surface area contributed by atoms with Gasteiger partial charge in [-0.2, -0.15) is 0 Å². The molecular weight excluding hydrogens is 274 g/mol. The lowest BCUT2D eigenvalue weighted by Gasteiger charge is -2.41. The van der Waals surface area contributed by atoms with E-state index in [1.54, 1.807) is 0 Å². The van der Waals surface area contributed by atoms with Crippen molar-refractivity contribution in [3.8, 4) is 0 Å². The molecule has 3 atom stereocenters. The summed E-state index contributed by atoms with van der Waals surface area (Å²) in [6.45, 7) is 8.30. The van der Waals surface area contributed by atoms with Crippen LogP contribution in [0.4, 0.5) is 0 Å². The van der Waals surface area contributed by atoms with Gasteiger partial charge >= 0.3 is 0 Å². The minimum atomic E-state index is 0.0907. The van der Waals surface area contributed by atoms with Crippen molar-refractivity contribution in [3.63, 3.8) is 0 Å². The Labute approximate surface area is 133 Å². The van der Waals surface area contributed by atoms with Gasteiger partial charge in [0.15, 0.2) is 0 Å². The van der Waals surface area contributed by atoms with Gasteiger partial charge in [0.05, 0.1) is 0 Å². The summed E-state index contributed by atoms with van der Waals surface area (Å²) in [4.78, 5) is 21.8. The minimum absolute atomic E-state index is 0.0907. The molecule has 1 aromatic rings. The molecule has 3 rings (SSSR count). The predicted molar refractivity (Wildman–Crippen MR) is 87.9 cm³/mol. The van der Waals surface area contributed by atoms with E-state index in [1.165, 1.54) is 19.3 Å². The van der Waals surface area contributed by atoms with E-state index in [-0.39, 0.29) is 5.91 Å². The van der Waals surface area contributed by atoms with Crippen molar-refractivity contribution in [1.82, 2.24) is 14.8 Å². The second-order valence-corrected chi connectivity index (χ2v) is 6.93. The first-order valence-corrected chi connectivity index (χ1v) is 8.56. The van der Waals surface area contributed by atoms with Crippen LogP contribution in [0.2, 0.25) is 0 Å². The number of aryl methyl sites for hydroxylation is 1. The second kappa shape index (κ2) is 6.37. The number of rotatable bonds is 2. The summed E-state index contributed by atoms with van der Waals surface area (Å²) in [6.07, 6.45) is 4.87. The molecule has 0 saturated carbocycles. The van der Waals surface area contributed by atoms with Crippen LogP contribution >= 0.6 is 0 Å².